The molecule has 1 unspecified atom stereocenters. The molecule has 0 radical (unpaired) electrons. The Hall–Kier alpha value is -2.39. The Balaban J connectivity index is 1.94. The molecule has 0 spiro atoms. The fourth-order valence-electron chi connectivity index (χ4n) is 3.14. The number of hydrogen-bond acceptors (Lipinski definition) is 2. The minimum Gasteiger partial charge on any atom is -0.309 e. The van der Waals surface area contributed by atoms with Crippen LogP contribution in [0.15, 0.2) is 67.3 Å². The fraction of sp³-hybridized carbons (Fsp3) is 0.250. The average molecular weight is 306 g/mol. The Morgan fingerprint density at radius 1 is 1.09 bits per heavy atom. The number of rotatable bonds is 4. The highest BCUT2D eigenvalue weighted by atomic mass is 16.2. The Kier molecular flexibility index (Phi) is 4.58. The molecule has 1 heterocycles. The summed E-state index contributed by atoms with van der Waals surface area (Å²) in [6, 6.07) is 18.2. The maximum absolute atomic E-state index is 12.8. The highest BCUT2D eigenvalue weighted by molar-refractivity contribution is 6.01. The van der Waals surface area contributed by atoms with Gasteiger partial charge in [-0.15, -0.1) is 6.58 Å². The fourth-order valence-corrected chi connectivity index (χ4v) is 3.14. The van der Waals surface area contributed by atoms with Crippen LogP contribution in [0, 0.1) is 0 Å². The Bertz CT molecular complexity index is 696. The van der Waals surface area contributed by atoms with Crippen molar-refractivity contribution in [1.29, 1.82) is 0 Å². The van der Waals surface area contributed by atoms with Gasteiger partial charge in [0.2, 0.25) is 5.91 Å². The van der Waals surface area contributed by atoms with Crippen molar-refractivity contribution < 1.29 is 4.79 Å². The molecule has 118 valence electrons. The van der Waals surface area contributed by atoms with Gasteiger partial charge in [-0.1, -0.05) is 54.6 Å². The normalized spacial score (nSPS) is 18.9. The van der Waals surface area contributed by atoms with E-state index >= 15 is 0 Å². The number of piperazine rings is 1. The summed E-state index contributed by atoms with van der Waals surface area (Å²) in [4.78, 5) is 16.9. The van der Waals surface area contributed by atoms with Gasteiger partial charge in [0, 0.05) is 25.2 Å². The van der Waals surface area contributed by atoms with Gasteiger partial charge in [-0.2, -0.15) is 0 Å². The number of nitrogens with zero attached hydrogens (tertiary/aromatic N) is 2. The minimum absolute atomic E-state index is 0.120. The molecule has 0 bridgehead atoms. The number of benzene rings is 2. The predicted octanol–water partition coefficient (Wildman–Crippen LogP) is 3.58. The maximum Gasteiger partial charge on any atom is 0.244 e. The number of para-hydroxylation sites is 1. The van der Waals surface area contributed by atoms with E-state index in [0.29, 0.717) is 6.54 Å². The summed E-state index contributed by atoms with van der Waals surface area (Å²) in [6.07, 6.45) is 1.86. The van der Waals surface area contributed by atoms with Crippen LogP contribution in [0.3, 0.4) is 0 Å². The number of anilines is 1. The zero-order valence-electron chi connectivity index (χ0n) is 13.5. The minimum atomic E-state index is -0.120. The molecule has 1 saturated heterocycles. The molecule has 0 N–H and O–H groups in total. The standard InChI is InChI=1S/C20H22N2O/c1-3-13-21-14-15-22(20(23)16(21)2)19-12-8-7-11-18(19)17-9-5-4-6-10-17/h3-12,16H,1,13-15H2,2H3. The van der Waals surface area contributed by atoms with E-state index in [1.807, 2.05) is 54.3 Å². The second-order valence-corrected chi connectivity index (χ2v) is 5.83. The van der Waals surface area contributed by atoms with Crippen LogP contribution in [0.25, 0.3) is 11.1 Å². The number of carbonyl (C=O) groups is 1. The summed E-state index contributed by atoms with van der Waals surface area (Å²) in [7, 11) is 0. The van der Waals surface area contributed by atoms with Crippen molar-refractivity contribution >= 4 is 11.6 Å². The molecule has 1 fully saturated rings. The number of amides is 1. The molecule has 3 nitrogen and oxygen atoms in total. The van der Waals surface area contributed by atoms with Crippen LogP contribution in [0.5, 0.6) is 0 Å². The van der Waals surface area contributed by atoms with Crippen LogP contribution in [0.4, 0.5) is 5.69 Å². The molecule has 1 aliphatic heterocycles. The molecule has 1 atom stereocenters. The SMILES string of the molecule is C=CCN1CCN(c2ccccc2-c2ccccc2)C(=O)C1C. The molecule has 3 heteroatoms. The lowest BCUT2D eigenvalue weighted by Gasteiger charge is -2.39. The Morgan fingerprint density at radius 3 is 2.52 bits per heavy atom. The van der Waals surface area contributed by atoms with E-state index < -0.39 is 0 Å². The van der Waals surface area contributed by atoms with Crippen LogP contribution < -0.4 is 4.90 Å². The van der Waals surface area contributed by atoms with Crippen molar-refractivity contribution in [3.63, 3.8) is 0 Å². The van der Waals surface area contributed by atoms with E-state index in [1.54, 1.807) is 0 Å². The summed E-state index contributed by atoms with van der Waals surface area (Å²) in [5.41, 5.74) is 3.23. The van der Waals surface area contributed by atoms with Gasteiger partial charge >= 0.3 is 0 Å². The summed E-state index contributed by atoms with van der Waals surface area (Å²) < 4.78 is 0. The van der Waals surface area contributed by atoms with Crippen LogP contribution in [-0.2, 0) is 4.79 Å². The second-order valence-electron chi connectivity index (χ2n) is 5.83. The molecular formula is C20H22N2O. The third kappa shape index (κ3) is 3.06. The van der Waals surface area contributed by atoms with Gasteiger partial charge in [0.1, 0.15) is 0 Å². The van der Waals surface area contributed by atoms with Crippen LogP contribution in [0.2, 0.25) is 0 Å². The van der Waals surface area contributed by atoms with E-state index in [4.69, 9.17) is 0 Å². The van der Waals surface area contributed by atoms with Gasteiger partial charge in [0.05, 0.1) is 11.7 Å². The third-order valence-corrected chi connectivity index (χ3v) is 4.43. The molecule has 1 amide bonds. The van der Waals surface area contributed by atoms with E-state index in [2.05, 4.69) is 29.7 Å². The van der Waals surface area contributed by atoms with Gasteiger partial charge in [-0.3, -0.25) is 9.69 Å². The average Bonchev–Trinajstić information content (AvgIpc) is 2.60. The van der Waals surface area contributed by atoms with Crippen molar-refractivity contribution in [2.24, 2.45) is 0 Å². The summed E-state index contributed by atoms with van der Waals surface area (Å²) in [5.74, 6) is 0.154. The first-order valence-electron chi connectivity index (χ1n) is 8.03. The largest absolute Gasteiger partial charge is 0.309 e. The van der Waals surface area contributed by atoms with E-state index in [9.17, 15) is 4.79 Å². The monoisotopic (exact) mass is 306 g/mol. The van der Waals surface area contributed by atoms with E-state index in [-0.39, 0.29) is 11.9 Å². The molecule has 3 rings (SSSR count). The van der Waals surface area contributed by atoms with Crippen molar-refractivity contribution in [3.8, 4) is 11.1 Å². The van der Waals surface area contributed by atoms with Crippen molar-refractivity contribution in [2.75, 3.05) is 24.5 Å². The van der Waals surface area contributed by atoms with Crippen molar-refractivity contribution in [1.82, 2.24) is 4.90 Å². The van der Waals surface area contributed by atoms with Gasteiger partial charge in [0.25, 0.3) is 0 Å². The molecule has 1 aliphatic rings. The lowest BCUT2D eigenvalue weighted by Crippen LogP contribution is -2.56. The van der Waals surface area contributed by atoms with Crippen molar-refractivity contribution in [2.45, 2.75) is 13.0 Å². The van der Waals surface area contributed by atoms with Crippen LogP contribution in [-0.4, -0.2) is 36.5 Å². The molecule has 23 heavy (non-hydrogen) atoms. The van der Waals surface area contributed by atoms with Crippen LogP contribution >= 0.6 is 0 Å². The molecule has 0 saturated carbocycles. The Labute approximate surface area is 137 Å². The summed E-state index contributed by atoms with van der Waals surface area (Å²) >= 11 is 0. The van der Waals surface area contributed by atoms with Gasteiger partial charge in [-0.25, -0.2) is 0 Å². The smallest absolute Gasteiger partial charge is 0.244 e. The summed E-state index contributed by atoms with van der Waals surface area (Å²) in [6.45, 7) is 8.08. The van der Waals surface area contributed by atoms with E-state index in [0.717, 1.165) is 29.9 Å². The highest BCUT2D eigenvalue weighted by Crippen LogP contribution is 2.32. The topological polar surface area (TPSA) is 23.6 Å². The molecule has 2 aromatic rings. The van der Waals surface area contributed by atoms with Gasteiger partial charge < -0.3 is 4.90 Å². The highest BCUT2D eigenvalue weighted by Gasteiger charge is 2.32. The number of carbonyl (C=O) groups excluding carboxylic acids is 1. The van der Waals surface area contributed by atoms with Gasteiger partial charge in [-0.05, 0) is 18.6 Å². The first-order valence-corrected chi connectivity index (χ1v) is 8.03. The van der Waals surface area contributed by atoms with Crippen molar-refractivity contribution in [3.05, 3.63) is 67.3 Å². The van der Waals surface area contributed by atoms with E-state index in [1.165, 1.54) is 0 Å². The lowest BCUT2D eigenvalue weighted by molar-refractivity contribution is -0.124. The molecular weight excluding hydrogens is 284 g/mol. The second kappa shape index (κ2) is 6.80. The zero-order valence-corrected chi connectivity index (χ0v) is 13.5. The maximum atomic E-state index is 12.8. The van der Waals surface area contributed by atoms with Crippen LogP contribution in [0.1, 0.15) is 6.92 Å². The third-order valence-electron chi connectivity index (χ3n) is 4.43. The molecule has 2 aromatic carbocycles. The zero-order chi connectivity index (χ0) is 16.2. The number of hydrogen-bond donors (Lipinski definition) is 0. The molecule has 0 aliphatic carbocycles. The first-order chi connectivity index (χ1) is 11.2. The quantitative estimate of drug-likeness (QED) is 0.806. The first kappa shape index (κ1) is 15.5. The predicted molar refractivity (Wildman–Crippen MR) is 95.5 cm³/mol. The summed E-state index contributed by atoms with van der Waals surface area (Å²) in [5, 5.41) is 0. The van der Waals surface area contributed by atoms with Gasteiger partial charge in [0.15, 0.2) is 0 Å². The molecule has 0 aromatic heterocycles. The Morgan fingerprint density at radius 2 is 1.78 bits per heavy atom. The lowest BCUT2D eigenvalue weighted by atomic mass is 10.0.